The van der Waals surface area contributed by atoms with E-state index in [1.165, 1.54) is 11.3 Å². The standard InChI is InChI=1S/C21H28ClN5O2S/c1-6-25(7-2)11-12-26(20(28)16-13-14(4)24-27(16)8-3)21-23-18-17(29-5)10-9-15(22)19(18)30-21/h9-10,13H,6-8,11-12H2,1-5H3. The van der Waals surface area contributed by atoms with Gasteiger partial charge in [-0.3, -0.25) is 14.4 Å². The lowest BCUT2D eigenvalue weighted by molar-refractivity contribution is 0.0973. The molecule has 2 aromatic heterocycles. The number of ether oxygens (including phenoxy) is 1. The Kier molecular flexibility index (Phi) is 7.33. The number of nitrogens with zero attached hydrogens (tertiary/aromatic N) is 5. The second kappa shape index (κ2) is 9.76. The number of aromatic nitrogens is 3. The molecule has 162 valence electrons. The molecule has 0 spiro atoms. The van der Waals surface area contributed by atoms with Gasteiger partial charge >= 0.3 is 0 Å². The molecule has 1 aromatic carbocycles. The van der Waals surface area contributed by atoms with Crippen molar-refractivity contribution in [2.24, 2.45) is 0 Å². The molecule has 3 rings (SSSR count). The number of thiazole rings is 1. The van der Waals surface area contributed by atoms with Gasteiger partial charge in [0, 0.05) is 19.6 Å². The highest BCUT2D eigenvalue weighted by Crippen LogP contribution is 2.39. The summed E-state index contributed by atoms with van der Waals surface area (Å²) in [4.78, 5) is 22.4. The third-order valence-electron chi connectivity index (χ3n) is 5.10. The summed E-state index contributed by atoms with van der Waals surface area (Å²) in [5.74, 6) is 0.529. The molecule has 3 aromatic rings. The summed E-state index contributed by atoms with van der Waals surface area (Å²) in [5, 5.41) is 5.64. The van der Waals surface area contributed by atoms with Crippen molar-refractivity contribution in [1.82, 2.24) is 19.7 Å². The number of anilines is 1. The Morgan fingerprint density at radius 3 is 2.60 bits per heavy atom. The molecule has 0 aliphatic heterocycles. The van der Waals surface area contributed by atoms with Gasteiger partial charge in [0.1, 0.15) is 17.0 Å². The normalized spacial score (nSPS) is 11.4. The molecule has 0 saturated heterocycles. The Bertz CT molecular complexity index is 1030. The molecule has 0 fully saturated rings. The molecule has 7 nitrogen and oxygen atoms in total. The van der Waals surface area contributed by atoms with E-state index in [1.807, 2.05) is 19.9 Å². The molecular formula is C21H28ClN5O2S. The van der Waals surface area contributed by atoms with Crippen molar-refractivity contribution in [3.05, 3.63) is 34.6 Å². The molecule has 0 saturated carbocycles. The molecule has 2 heterocycles. The van der Waals surface area contributed by atoms with E-state index < -0.39 is 0 Å². The van der Waals surface area contributed by atoms with E-state index in [2.05, 4.69) is 23.8 Å². The topological polar surface area (TPSA) is 63.5 Å². The van der Waals surface area contributed by atoms with E-state index in [0.717, 1.165) is 30.0 Å². The fourth-order valence-corrected chi connectivity index (χ4v) is 4.66. The Balaban J connectivity index is 2.06. The maximum Gasteiger partial charge on any atom is 0.278 e. The smallest absolute Gasteiger partial charge is 0.278 e. The van der Waals surface area contributed by atoms with Crippen LogP contribution in [0.25, 0.3) is 10.2 Å². The predicted octanol–water partition coefficient (Wildman–Crippen LogP) is 4.47. The van der Waals surface area contributed by atoms with Gasteiger partial charge in [0.25, 0.3) is 5.91 Å². The molecule has 0 unspecified atom stereocenters. The third kappa shape index (κ3) is 4.45. The number of carbonyl (C=O) groups excluding carboxylic acids is 1. The highest BCUT2D eigenvalue weighted by Gasteiger charge is 2.26. The molecule has 0 bridgehead atoms. The third-order valence-corrected chi connectivity index (χ3v) is 6.64. The summed E-state index contributed by atoms with van der Waals surface area (Å²) in [7, 11) is 1.60. The van der Waals surface area contributed by atoms with Crippen LogP contribution in [0.15, 0.2) is 18.2 Å². The Hall–Kier alpha value is -2.16. The number of hydrogen-bond acceptors (Lipinski definition) is 6. The maximum atomic E-state index is 13.6. The largest absolute Gasteiger partial charge is 0.494 e. The van der Waals surface area contributed by atoms with E-state index in [9.17, 15) is 4.79 Å². The number of rotatable bonds is 9. The number of likely N-dealkylation sites (N-methyl/N-ethyl adjacent to an activating group) is 1. The number of hydrogen-bond donors (Lipinski definition) is 0. The highest BCUT2D eigenvalue weighted by molar-refractivity contribution is 7.23. The molecule has 0 N–H and O–H groups in total. The second-order valence-corrected chi connectivity index (χ2v) is 8.28. The first kappa shape index (κ1) is 22.5. The maximum absolute atomic E-state index is 13.6. The lowest BCUT2D eigenvalue weighted by Crippen LogP contribution is -2.39. The van der Waals surface area contributed by atoms with Crippen LogP contribution in [0.3, 0.4) is 0 Å². The van der Waals surface area contributed by atoms with Crippen LogP contribution in [0.5, 0.6) is 5.75 Å². The number of fused-ring (bicyclic) bond motifs is 1. The Labute approximate surface area is 186 Å². The number of benzene rings is 1. The van der Waals surface area contributed by atoms with Crippen molar-refractivity contribution in [3.8, 4) is 5.75 Å². The van der Waals surface area contributed by atoms with Crippen LogP contribution in [0.4, 0.5) is 5.13 Å². The summed E-state index contributed by atoms with van der Waals surface area (Å²) in [6.07, 6.45) is 0. The number of carbonyl (C=O) groups is 1. The quantitative estimate of drug-likeness (QED) is 0.482. The van der Waals surface area contributed by atoms with Gasteiger partial charge in [-0.1, -0.05) is 36.8 Å². The Morgan fingerprint density at radius 1 is 1.23 bits per heavy atom. The number of halogens is 1. The van der Waals surface area contributed by atoms with Crippen LogP contribution < -0.4 is 9.64 Å². The van der Waals surface area contributed by atoms with E-state index >= 15 is 0 Å². The molecular weight excluding hydrogens is 422 g/mol. The number of aryl methyl sites for hydroxylation is 2. The minimum Gasteiger partial charge on any atom is -0.494 e. The van der Waals surface area contributed by atoms with Crippen molar-refractivity contribution < 1.29 is 9.53 Å². The summed E-state index contributed by atoms with van der Waals surface area (Å²) in [6, 6.07) is 5.42. The molecule has 0 aliphatic rings. The van der Waals surface area contributed by atoms with Crippen molar-refractivity contribution in [2.75, 3.05) is 38.2 Å². The Morgan fingerprint density at radius 2 is 1.97 bits per heavy atom. The minimum atomic E-state index is -0.112. The van der Waals surface area contributed by atoms with E-state index in [0.29, 0.717) is 40.2 Å². The molecule has 0 atom stereocenters. The van der Waals surface area contributed by atoms with Gasteiger partial charge in [0.2, 0.25) is 0 Å². The van der Waals surface area contributed by atoms with Gasteiger partial charge in [-0.15, -0.1) is 0 Å². The van der Waals surface area contributed by atoms with Crippen LogP contribution in [-0.2, 0) is 6.54 Å². The van der Waals surface area contributed by atoms with Crippen molar-refractivity contribution in [1.29, 1.82) is 0 Å². The number of amides is 1. The molecule has 0 radical (unpaired) electrons. The lowest BCUT2D eigenvalue weighted by Gasteiger charge is -2.24. The summed E-state index contributed by atoms with van der Waals surface area (Å²) >= 11 is 7.82. The fourth-order valence-electron chi connectivity index (χ4n) is 3.38. The van der Waals surface area contributed by atoms with Crippen LogP contribution in [0.2, 0.25) is 5.02 Å². The zero-order valence-corrected chi connectivity index (χ0v) is 19.7. The molecule has 9 heteroatoms. The monoisotopic (exact) mass is 449 g/mol. The molecule has 30 heavy (non-hydrogen) atoms. The SMILES string of the molecule is CCN(CC)CCN(C(=O)c1cc(C)nn1CC)c1nc2c(OC)ccc(Cl)c2s1. The summed E-state index contributed by atoms with van der Waals surface area (Å²) in [6.45, 7) is 11.8. The van der Waals surface area contributed by atoms with E-state index in [-0.39, 0.29) is 5.91 Å². The van der Waals surface area contributed by atoms with E-state index in [1.54, 1.807) is 28.8 Å². The van der Waals surface area contributed by atoms with Crippen LogP contribution >= 0.6 is 22.9 Å². The van der Waals surface area contributed by atoms with Gasteiger partial charge in [0.05, 0.1) is 22.5 Å². The first-order valence-electron chi connectivity index (χ1n) is 10.1. The molecule has 1 amide bonds. The van der Waals surface area contributed by atoms with Crippen LogP contribution in [0.1, 0.15) is 37.0 Å². The van der Waals surface area contributed by atoms with Crippen molar-refractivity contribution in [2.45, 2.75) is 34.2 Å². The van der Waals surface area contributed by atoms with Crippen molar-refractivity contribution in [3.63, 3.8) is 0 Å². The molecule has 0 aliphatic carbocycles. The van der Waals surface area contributed by atoms with Crippen LogP contribution in [-0.4, -0.2) is 58.9 Å². The van der Waals surface area contributed by atoms with Gasteiger partial charge in [-0.25, -0.2) is 4.98 Å². The average molecular weight is 450 g/mol. The predicted molar refractivity (Wildman–Crippen MR) is 123 cm³/mol. The first-order chi connectivity index (χ1) is 14.4. The van der Waals surface area contributed by atoms with Gasteiger partial charge in [0.15, 0.2) is 5.13 Å². The summed E-state index contributed by atoms with van der Waals surface area (Å²) in [5.41, 5.74) is 2.05. The highest BCUT2D eigenvalue weighted by atomic mass is 35.5. The van der Waals surface area contributed by atoms with Gasteiger partial charge in [-0.05, 0) is 45.1 Å². The zero-order chi connectivity index (χ0) is 21.8. The minimum absolute atomic E-state index is 0.112. The second-order valence-electron chi connectivity index (χ2n) is 6.89. The zero-order valence-electron chi connectivity index (χ0n) is 18.1. The van der Waals surface area contributed by atoms with Gasteiger partial charge < -0.3 is 9.64 Å². The van der Waals surface area contributed by atoms with Gasteiger partial charge in [-0.2, -0.15) is 5.10 Å². The van der Waals surface area contributed by atoms with Crippen LogP contribution in [0, 0.1) is 6.92 Å². The van der Waals surface area contributed by atoms with E-state index in [4.69, 9.17) is 21.3 Å². The fraction of sp³-hybridized carbons (Fsp3) is 0.476. The van der Waals surface area contributed by atoms with Crippen molar-refractivity contribution >= 4 is 44.2 Å². The average Bonchev–Trinajstić information content (AvgIpc) is 3.35. The first-order valence-corrected chi connectivity index (χ1v) is 11.3. The number of methoxy groups -OCH3 is 1. The lowest BCUT2D eigenvalue weighted by atomic mass is 10.3. The summed E-state index contributed by atoms with van der Waals surface area (Å²) < 4.78 is 8.00.